The molecule has 0 spiro atoms. The Morgan fingerprint density at radius 3 is 2.69 bits per heavy atom. The lowest BCUT2D eigenvalue weighted by Gasteiger charge is -2.06. The van der Waals surface area contributed by atoms with E-state index in [0.29, 0.717) is 5.75 Å². The number of rotatable bonds is 4. The van der Waals surface area contributed by atoms with E-state index in [9.17, 15) is 4.79 Å². The van der Waals surface area contributed by atoms with E-state index in [-0.39, 0.29) is 31.2 Å². The van der Waals surface area contributed by atoms with Gasteiger partial charge in [-0.15, -0.1) is 24.8 Å². The van der Waals surface area contributed by atoms with E-state index in [1.54, 1.807) is 18.5 Å². The smallest absolute Gasteiger partial charge is 0.320 e. The summed E-state index contributed by atoms with van der Waals surface area (Å²) in [6.45, 7) is 0. The van der Waals surface area contributed by atoms with Crippen molar-refractivity contribution in [2.24, 2.45) is 5.73 Å². The van der Waals surface area contributed by atoms with Crippen molar-refractivity contribution in [2.75, 3.05) is 7.11 Å². The third-order valence-corrected chi connectivity index (χ3v) is 1.78. The van der Waals surface area contributed by atoms with Gasteiger partial charge in [0.2, 0.25) is 0 Å². The van der Waals surface area contributed by atoms with Gasteiger partial charge in [-0.3, -0.25) is 9.78 Å². The molecule has 0 aromatic carbocycles. The Hall–Kier alpha value is -1.04. The second-order valence-corrected chi connectivity index (χ2v) is 2.88. The maximum atomic E-state index is 10.5. The van der Waals surface area contributed by atoms with Gasteiger partial charge in [-0.25, -0.2) is 0 Å². The number of aromatic nitrogens is 1. The number of carboxylic acids is 1. The Balaban J connectivity index is 0. The van der Waals surface area contributed by atoms with E-state index in [0.717, 1.165) is 5.56 Å². The number of nitrogens with zero attached hydrogens (tertiary/aromatic N) is 1. The lowest BCUT2D eigenvalue weighted by Crippen LogP contribution is -2.32. The number of ether oxygens (including phenoxy) is 1. The minimum absolute atomic E-state index is 0. The number of nitrogens with two attached hydrogens (primary N) is 1. The SMILES string of the molecule is COc1cncc(C[C@@H](N)C(=O)O)c1.Cl.Cl. The second kappa shape index (κ2) is 8.15. The molecular weight excluding hydrogens is 255 g/mol. The van der Waals surface area contributed by atoms with Crippen LogP contribution in [0.5, 0.6) is 5.75 Å². The lowest BCUT2D eigenvalue weighted by atomic mass is 10.1. The zero-order chi connectivity index (χ0) is 10.6. The van der Waals surface area contributed by atoms with Gasteiger partial charge in [0, 0.05) is 6.20 Å². The van der Waals surface area contributed by atoms with Crippen LogP contribution in [0.3, 0.4) is 0 Å². The molecule has 7 heteroatoms. The third-order valence-electron chi connectivity index (χ3n) is 1.78. The van der Waals surface area contributed by atoms with Crippen molar-refractivity contribution >= 4 is 30.8 Å². The van der Waals surface area contributed by atoms with Crippen molar-refractivity contribution < 1.29 is 14.6 Å². The molecule has 1 aromatic rings. The molecule has 1 aromatic heterocycles. The number of methoxy groups -OCH3 is 1. The third kappa shape index (κ3) is 5.16. The molecule has 0 saturated carbocycles. The Kier molecular flexibility index (Phi) is 8.84. The van der Waals surface area contributed by atoms with Gasteiger partial charge in [0.05, 0.1) is 13.3 Å². The Morgan fingerprint density at radius 2 is 2.19 bits per heavy atom. The predicted molar refractivity (Wildman–Crippen MR) is 64.6 cm³/mol. The zero-order valence-electron chi connectivity index (χ0n) is 8.62. The summed E-state index contributed by atoms with van der Waals surface area (Å²) in [5.74, 6) is -0.423. The normalized spacial score (nSPS) is 10.6. The summed E-state index contributed by atoms with van der Waals surface area (Å²) in [5, 5.41) is 8.59. The van der Waals surface area contributed by atoms with E-state index < -0.39 is 12.0 Å². The predicted octanol–water partition coefficient (Wildman–Crippen LogP) is 0.888. The standard InChI is InChI=1S/C9H12N2O3.2ClH/c1-14-7-2-6(4-11-5-7)3-8(10)9(12)13;;/h2,4-5,8H,3,10H2,1H3,(H,12,13);2*1H/t8-;;/m1../s1. The Morgan fingerprint density at radius 1 is 1.56 bits per heavy atom. The summed E-state index contributed by atoms with van der Waals surface area (Å²) < 4.78 is 4.95. The fourth-order valence-corrected chi connectivity index (χ4v) is 1.03. The highest BCUT2D eigenvalue weighted by Gasteiger charge is 2.12. The molecule has 0 fully saturated rings. The summed E-state index contributed by atoms with van der Waals surface area (Å²) in [6, 6.07) is 0.819. The van der Waals surface area contributed by atoms with Crippen LogP contribution in [0, 0.1) is 0 Å². The van der Waals surface area contributed by atoms with Gasteiger partial charge in [0.1, 0.15) is 11.8 Å². The molecule has 0 amide bonds. The van der Waals surface area contributed by atoms with Crippen LogP contribution in [0.15, 0.2) is 18.5 Å². The van der Waals surface area contributed by atoms with E-state index in [1.807, 2.05) is 0 Å². The molecule has 5 nitrogen and oxygen atoms in total. The number of carbonyl (C=O) groups is 1. The van der Waals surface area contributed by atoms with Gasteiger partial charge in [0.25, 0.3) is 0 Å². The summed E-state index contributed by atoms with van der Waals surface area (Å²) in [7, 11) is 1.53. The van der Waals surface area contributed by atoms with Crippen molar-refractivity contribution in [3.63, 3.8) is 0 Å². The number of hydrogen-bond donors (Lipinski definition) is 2. The monoisotopic (exact) mass is 268 g/mol. The van der Waals surface area contributed by atoms with Crippen LogP contribution in [0.1, 0.15) is 5.56 Å². The summed E-state index contributed by atoms with van der Waals surface area (Å²) in [6.07, 6.45) is 3.38. The molecule has 0 radical (unpaired) electrons. The van der Waals surface area contributed by atoms with Crippen LogP contribution in [-0.2, 0) is 11.2 Å². The molecular formula is C9H14Cl2N2O3. The van der Waals surface area contributed by atoms with Crippen LogP contribution in [0.4, 0.5) is 0 Å². The quantitative estimate of drug-likeness (QED) is 0.847. The van der Waals surface area contributed by atoms with Crippen LogP contribution < -0.4 is 10.5 Å². The molecule has 1 rings (SSSR count). The molecule has 0 aliphatic heterocycles. The minimum atomic E-state index is -1.02. The average molecular weight is 269 g/mol. The topological polar surface area (TPSA) is 85.4 Å². The van der Waals surface area contributed by atoms with Gasteiger partial charge in [-0.05, 0) is 18.1 Å². The van der Waals surface area contributed by atoms with E-state index >= 15 is 0 Å². The first kappa shape index (κ1) is 17.4. The highest BCUT2D eigenvalue weighted by Crippen LogP contribution is 2.11. The van der Waals surface area contributed by atoms with Crippen molar-refractivity contribution in [1.82, 2.24) is 4.98 Å². The molecule has 1 atom stereocenters. The molecule has 0 aliphatic carbocycles. The largest absolute Gasteiger partial charge is 0.495 e. The molecule has 0 bridgehead atoms. The molecule has 92 valence electrons. The maximum absolute atomic E-state index is 10.5. The number of pyridine rings is 1. The Labute approximate surface area is 106 Å². The summed E-state index contributed by atoms with van der Waals surface area (Å²) >= 11 is 0. The maximum Gasteiger partial charge on any atom is 0.320 e. The van der Waals surface area contributed by atoms with Gasteiger partial charge < -0.3 is 15.6 Å². The lowest BCUT2D eigenvalue weighted by molar-refractivity contribution is -0.138. The van der Waals surface area contributed by atoms with Gasteiger partial charge >= 0.3 is 5.97 Å². The summed E-state index contributed by atoms with van der Waals surface area (Å²) in [4.78, 5) is 14.4. The van der Waals surface area contributed by atoms with Crippen molar-refractivity contribution in [3.8, 4) is 5.75 Å². The molecule has 0 aliphatic rings. The van der Waals surface area contributed by atoms with Crippen LogP contribution in [0.2, 0.25) is 0 Å². The zero-order valence-corrected chi connectivity index (χ0v) is 10.3. The molecule has 0 unspecified atom stereocenters. The number of carboxylic acid groups (broad SMARTS) is 1. The minimum Gasteiger partial charge on any atom is -0.495 e. The first-order valence-corrected chi connectivity index (χ1v) is 4.10. The Bertz CT molecular complexity index is 336. The number of halogens is 2. The molecule has 3 N–H and O–H groups in total. The average Bonchev–Trinajstić information content (AvgIpc) is 2.18. The van der Waals surface area contributed by atoms with Gasteiger partial charge in [-0.2, -0.15) is 0 Å². The van der Waals surface area contributed by atoms with Crippen LogP contribution >= 0.6 is 24.8 Å². The highest BCUT2D eigenvalue weighted by atomic mass is 35.5. The number of aliphatic carboxylic acids is 1. The first-order valence-electron chi connectivity index (χ1n) is 4.10. The molecule has 16 heavy (non-hydrogen) atoms. The second-order valence-electron chi connectivity index (χ2n) is 2.88. The fourth-order valence-electron chi connectivity index (χ4n) is 1.03. The van der Waals surface area contributed by atoms with Crippen molar-refractivity contribution in [1.29, 1.82) is 0 Å². The van der Waals surface area contributed by atoms with Crippen LogP contribution in [-0.4, -0.2) is 29.2 Å². The highest BCUT2D eigenvalue weighted by molar-refractivity contribution is 5.85. The first-order chi connectivity index (χ1) is 6.63. The van der Waals surface area contributed by atoms with Gasteiger partial charge in [-0.1, -0.05) is 0 Å². The van der Waals surface area contributed by atoms with Crippen LogP contribution in [0.25, 0.3) is 0 Å². The van der Waals surface area contributed by atoms with Gasteiger partial charge in [0.15, 0.2) is 0 Å². The van der Waals surface area contributed by atoms with E-state index in [1.165, 1.54) is 7.11 Å². The number of hydrogen-bond acceptors (Lipinski definition) is 4. The molecule has 1 heterocycles. The van der Waals surface area contributed by atoms with Crippen molar-refractivity contribution in [3.05, 3.63) is 24.0 Å². The summed E-state index contributed by atoms with van der Waals surface area (Å²) in [5.41, 5.74) is 6.12. The van der Waals surface area contributed by atoms with Crippen molar-refractivity contribution in [2.45, 2.75) is 12.5 Å². The fraction of sp³-hybridized carbons (Fsp3) is 0.333. The van der Waals surface area contributed by atoms with E-state index in [2.05, 4.69) is 4.98 Å². The molecule has 0 saturated heterocycles. The van der Waals surface area contributed by atoms with E-state index in [4.69, 9.17) is 15.6 Å².